The van der Waals surface area contributed by atoms with Crippen LogP contribution in [0, 0.1) is 0 Å². The second kappa shape index (κ2) is 5.50. The first kappa shape index (κ1) is 14.5. The molecule has 0 radical (unpaired) electrons. The highest BCUT2D eigenvalue weighted by Gasteiger charge is 2.31. The highest BCUT2D eigenvalue weighted by Crippen LogP contribution is 2.37. The van der Waals surface area contributed by atoms with Crippen molar-refractivity contribution in [1.82, 2.24) is 19.5 Å². The lowest BCUT2D eigenvalue weighted by Gasteiger charge is -2.25. The van der Waals surface area contributed by atoms with E-state index in [1.54, 1.807) is 16.8 Å². The number of hydrogen-bond acceptors (Lipinski definition) is 6. The minimum Gasteiger partial charge on any atom is -0.486 e. The van der Waals surface area contributed by atoms with Crippen molar-refractivity contribution in [3.8, 4) is 11.5 Å². The predicted molar refractivity (Wildman–Crippen MR) is 79.8 cm³/mol. The number of sulfonamides is 1. The van der Waals surface area contributed by atoms with E-state index >= 15 is 0 Å². The first-order valence-electron chi connectivity index (χ1n) is 7.44. The van der Waals surface area contributed by atoms with Crippen LogP contribution in [0.2, 0.25) is 0 Å². The minimum atomic E-state index is -3.76. The van der Waals surface area contributed by atoms with Crippen LogP contribution in [-0.2, 0) is 16.6 Å². The van der Waals surface area contributed by atoms with Gasteiger partial charge in [-0.1, -0.05) is 6.07 Å². The monoisotopic (exact) mass is 336 g/mol. The molecule has 2 aromatic rings. The highest BCUT2D eigenvalue weighted by atomic mass is 32.2. The van der Waals surface area contributed by atoms with Crippen molar-refractivity contribution >= 4 is 10.0 Å². The van der Waals surface area contributed by atoms with Crippen LogP contribution in [0.5, 0.6) is 11.5 Å². The van der Waals surface area contributed by atoms with Gasteiger partial charge in [0.2, 0.25) is 10.0 Å². The number of nitrogens with one attached hydrogen (secondary N) is 1. The topological polar surface area (TPSA) is 95.3 Å². The molecule has 1 aromatic carbocycles. The molecule has 1 unspecified atom stereocenters. The Bertz CT molecular complexity index is 833. The summed E-state index contributed by atoms with van der Waals surface area (Å²) >= 11 is 0. The summed E-state index contributed by atoms with van der Waals surface area (Å²) in [6.45, 7) is 1.50. The Kier molecular flexibility index (Phi) is 3.46. The van der Waals surface area contributed by atoms with Crippen LogP contribution in [0.25, 0.3) is 0 Å². The van der Waals surface area contributed by atoms with Gasteiger partial charge in [-0.05, 0) is 25.0 Å². The van der Waals surface area contributed by atoms with E-state index in [0.29, 0.717) is 31.2 Å². The quantitative estimate of drug-likeness (QED) is 0.893. The molecule has 0 aliphatic carbocycles. The molecule has 2 aliphatic heterocycles. The molecule has 0 amide bonds. The molecule has 0 spiro atoms. The Morgan fingerprint density at radius 2 is 2.13 bits per heavy atom. The third-order valence-electron chi connectivity index (χ3n) is 3.94. The summed E-state index contributed by atoms with van der Waals surface area (Å²) in [7, 11) is -3.76. The average molecular weight is 336 g/mol. The number of hydrogen-bond donors (Lipinski definition) is 1. The first-order chi connectivity index (χ1) is 11.1. The Morgan fingerprint density at radius 3 is 3.04 bits per heavy atom. The maximum Gasteiger partial charge on any atom is 0.245 e. The third-order valence-corrected chi connectivity index (χ3v) is 5.43. The zero-order chi connectivity index (χ0) is 15.9. The lowest BCUT2D eigenvalue weighted by molar-refractivity contribution is 0.167. The summed E-state index contributed by atoms with van der Waals surface area (Å²) in [4.78, 5) is 4.26. The summed E-state index contributed by atoms with van der Waals surface area (Å²) in [6, 6.07) is 4.47. The summed E-state index contributed by atoms with van der Waals surface area (Å²) in [5.74, 6) is 1.36. The number of aryl methyl sites for hydroxylation is 1. The smallest absolute Gasteiger partial charge is 0.245 e. The number of fused-ring (bicyclic) bond motifs is 2. The van der Waals surface area contributed by atoms with Crippen molar-refractivity contribution in [2.24, 2.45) is 0 Å². The summed E-state index contributed by atoms with van der Waals surface area (Å²) in [5.41, 5.74) is 0. The van der Waals surface area contributed by atoms with Gasteiger partial charge in [-0.25, -0.2) is 22.8 Å². The molecule has 4 rings (SSSR count). The van der Waals surface area contributed by atoms with Crippen LogP contribution >= 0.6 is 0 Å². The van der Waals surface area contributed by atoms with Gasteiger partial charge in [-0.15, -0.1) is 0 Å². The van der Waals surface area contributed by atoms with E-state index < -0.39 is 16.1 Å². The maximum atomic E-state index is 12.8. The van der Waals surface area contributed by atoms with E-state index in [0.717, 1.165) is 13.0 Å². The minimum absolute atomic E-state index is 0.0892. The van der Waals surface area contributed by atoms with E-state index in [-0.39, 0.29) is 10.6 Å². The van der Waals surface area contributed by atoms with Gasteiger partial charge in [0.25, 0.3) is 0 Å². The van der Waals surface area contributed by atoms with Gasteiger partial charge >= 0.3 is 0 Å². The Balaban J connectivity index is 1.68. The van der Waals surface area contributed by atoms with Gasteiger partial charge in [0.05, 0.1) is 6.04 Å². The molecule has 1 atom stereocenters. The third kappa shape index (κ3) is 2.55. The summed E-state index contributed by atoms with van der Waals surface area (Å²) < 4.78 is 41.0. The molecular weight excluding hydrogens is 320 g/mol. The Labute approximate surface area is 133 Å². The van der Waals surface area contributed by atoms with Crippen LogP contribution in [0.4, 0.5) is 0 Å². The van der Waals surface area contributed by atoms with Gasteiger partial charge in [0, 0.05) is 6.54 Å². The fraction of sp³-hybridized carbons (Fsp3) is 0.429. The molecule has 3 heterocycles. The molecule has 0 saturated heterocycles. The number of rotatable bonds is 3. The Morgan fingerprint density at radius 1 is 1.26 bits per heavy atom. The van der Waals surface area contributed by atoms with Crippen molar-refractivity contribution < 1.29 is 17.9 Å². The van der Waals surface area contributed by atoms with E-state index in [2.05, 4.69) is 14.8 Å². The van der Waals surface area contributed by atoms with Crippen molar-refractivity contribution in [2.45, 2.75) is 30.3 Å². The number of aromatic nitrogens is 3. The zero-order valence-corrected chi connectivity index (χ0v) is 13.1. The lowest BCUT2D eigenvalue weighted by Crippen LogP contribution is -2.34. The average Bonchev–Trinajstić information content (AvgIpc) is 3.04. The number of ether oxygens (including phenoxy) is 2. The second-order valence-electron chi connectivity index (χ2n) is 5.44. The number of nitrogens with zero attached hydrogens (tertiary/aromatic N) is 3. The molecule has 8 nitrogen and oxygen atoms in total. The van der Waals surface area contributed by atoms with E-state index in [1.807, 2.05) is 0 Å². The maximum absolute atomic E-state index is 12.8. The van der Waals surface area contributed by atoms with E-state index in [9.17, 15) is 8.42 Å². The van der Waals surface area contributed by atoms with Crippen LogP contribution in [0.3, 0.4) is 0 Å². The molecule has 1 N–H and O–H groups in total. The molecule has 0 fully saturated rings. The van der Waals surface area contributed by atoms with Crippen molar-refractivity contribution in [3.63, 3.8) is 0 Å². The van der Waals surface area contributed by atoms with Crippen molar-refractivity contribution in [1.29, 1.82) is 0 Å². The fourth-order valence-corrected chi connectivity index (χ4v) is 4.30. The fourth-order valence-electron chi connectivity index (χ4n) is 2.91. The zero-order valence-electron chi connectivity index (χ0n) is 12.3. The normalized spacial score (nSPS) is 20.1. The molecule has 122 valence electrons. The molecule has 0 bridgehead atoms. The van der Waals surface area contributed by atoms with Crippen LogP contribution < -0.4 is 14.2 Å². The molecule has 9 heteroatoms. The molecular formula is C14H16N4O4S. The van der Waals surface area contributed by atoms with Crippen LogP contribution in [0.15, 0.2) is 29.4 Å². The van der Waals surface area contributed by atoms with Crippen molar-refractivity contribution in [2.75, 3.05) is 13.2 Å². The van der Waals surface area contributed by atoms with Gasteiger partial charge in [0.15, 0.2) is 11.5 Å². The van der Waals surface area contributed by atoms with Crippen LogP contribution in [-0.4, -0.2) is 36.4 Å². The highest BCUT2D eigenvalue weighted by molar-refractivity contribution is 7.89. The molecule has 23 heavy (non-hydrogen) atoms. The van der Waals surface area contributed by atoms with Gasteiger partial charge in [0.1, 0.15) is 30.3 Å². The van der Waals surface area contributed by atoms with Gasteiger partial charge < -0.3 is 9.47 Å². The number of benzene rings is 1. The standard InChI is InChI=1S/C14H16N4O4S/c19-23(20,12-5-1-4-11-13(12)22-8-7-21-11)17-10-3-2-6-18-14(10)15-9-16-18/h1,4-5,9-10,17H,2-3,6-8H2. The van der Waals surface area contributed by atoms with Crippen LogP contribution in [0.1, 0.15) is 24.7 Å². The van der Waals surface area contributed by atoms with E-state index in [4.69, 9.17) is 9.47 Å². The summed E-state index contributed by atoms with van der Waals surface area (Å²) in [6.07, 6.45) is 2.98. The molecule has 0 saturated carbocycles. The molecule has 1 aromatic heterocycles. The van der Waals surface area contributed by atoms with Gasteiger partial charge in [-0.2, -0.15) is 5.10 Å². The number of para-hydroxylation sites is 1. The largest absolute Gasteiger partial charge is 0.486 e. The molecule has 2 aliphatic rings. The summed E-state index contributed by atoms with van der Waals surface area (Å²) in [5, 5.41) is 4.11. The SMILES string of the molecule is O=S(=O)(NC1CCCn2ncnc21)c1cccc2c1OCCO2. The van der Waals surface area contributed by atoms with E-state index in [1.165, 1.54) is 12.4 Å². The Hall–Kier alpha value is -2.13. The van der Waals surface area contributed by atoms with Gasteiger partial charge in [-0.3, -0.25) is 0 Å². The first-order valence-corrected chi connectivity index (χ1v) is 8.92. The lowest BCUT2D eigenvalue weighted by atomic mass is 10.1. The predicted octanol–water partition coefficient (Wildman–Crippen LogP) is 0.863. The van der Waals surface area contributed by atoms with Crippen molar-refractivity contribution in [3.05, 3.63) is 30.4 Å². The second-order valence-corrected chi connectivity index (χ2v) is 7.12.